The van der Waals surface area contributed by atoms with Gasteiger partial charge in [0.25, 0.3) is 5.91 Å². The molecule has 5 nitrogen and oxygen atoms in total. The van der Waals surface area contributed by atoms with Crippen molar-refractivity contribution in [3.8, 4) is 0 Å². The molecule has 0 saturated carbocycles. The van der Waals surface area contributed by atoms with Crippen molar-refractivity contribution in [1.29, 1.82) is 0 Å². The van der Waals surface area contributed by atoms with Crippen molar-refractivity contribution >= 4 is 45.0 Å². The Morgan fingerprint density at radius 2 is 1.90 bits per heavy atom. The number of hydrogen-bond donors (Lipinski definition) is 1. The second-order valence-electron chi connectivity index (χ2n) is 7.38. The largest absolute Gasteiger partial charge is 0.356 e. The summed E-state index contributed by atoms with van der Waals surface area (Å²) >= 11 is 3.21. The standard InChI is InChI=1S/C22H26N4OS2/c1-14-18-20(26-12-4-5-13-26)24-15(2)25-22(18)29-19(14)21(27)23-11-10-16-6-8-17(28-3)9-7-16/h6-9H,4-5,10-13H2,1-3H3,(H,23,27). The molecule has 152 valence electrons. The van der Waals surface area contributed by atoms with Gasteiger partial charge in [-0.3, -0.25) is 4.79 Å². The fraction of sp³-hybridized carbons (Fsp3) is 0.409. The zero-order valence-corrected chi connectivity index (χ0v) is 18.8. The number of anilines is 1. The molecule has 7 heteroatoms. The predicted octanol–water partition coefficient (Wildman–Crippen LogP) is 4.60. The molecule has 0 radical (unpaired) electrons. The van der Waals surface area contributed by atoms with Gasteiger partial charge in [-0.15, -0.1) is 23.1 Å². The highest BCUT2D eigenvalue weighted by Gasteiger charge is 2.24. The minimum Gasteiger partial charge on any atom is -0.356 e. The summed E-state index contributed by atoms with van der Waals surface area (Å²) in [7, 11) is 0. The molecule has 1 saturated heterocycles. The van der Waals surface area contributed by atoms with Crippen LogP contribution < -0.4 is 10.2 Å². The minimum atomic E-state index is -0.0174. The molecule has 0 aliphatic carbocycles. The molecular weight excluding hydrogens is 400 g/mol. The SMILES string of the molecule is CSc1ccc(CCNC(=O)c2sc3nc(C)nc(N4CCCC4)c3c2C)cc1. The average molecular weight is 427 g/mol. The van der Waals surface area contributed by atoms with Gasteiger partial charge in [0.1, 0.15) is 16.5 Å². The number of nitrogens with zero attached hydrogens (tertiary/aromatic N) is 3. The van der Waals surface area contributed by atoms with Crippen molar-refractivity contribution < 1.29 is 4.79 Å². The summed E-state index contributed by atoms with van der Waals surface area (Å²) in [5, 5.41) is 4.13. The molecule has 1 aliphatic heterocycles. The van der Waals surface area contributed by atoms with Gasteiger partial charge in [-0.05, 0) is 62.6 Å². The van der Waals surface area contributed by atoms with Gasteiger partial charge in [-0.1, -0.05) is 12.1 Å². The van der Waals surface area contributed by atoms with Gasteiger partial charge in [0.05, 0.1) is 10.3 Å². The molecule has 1 aromatic carbocycles. The van der Waals surface area contributed by atoms with Crippen LogP contribution in [0.15, 0.2) is 29.2 Å². The van der Waals surface area contributed by atoms with E-state index in [9.17, 15) is 4.79 Å². The number of carbonyl (C=O) groups excluding carboxylic acids is 1. The maximum Gasteiger partial charge on any atom is 0.261 e. The van der Waals surface area contributed by atoms with Crippen molar-refractivity contribution in [2.24, 2.45) is 0 Å². The average Bonchev–Trinajstić information content (AvgIpc) is 3.36. The van der Waals surface area contributed by atoms with E-state index in [1.807, 2.05) is 13.8 Å². The molecule has 0 bridgehead atoms. The number of aryl methyl sites for hydroxylation is 2. The fourth-order valence-electron chi connectivity index (χ4n) is 3.79. The van der Waals surface area contributed by atoms with E-state index >= 15 is 0 Å². The first kappa shape index (κ1) is 20.2. The van der Waals surface area contributed by atoms with Gasteiger partial charge in [0.15, 0.2) is 0 Å². The Hall–Kier alpha value is -2.12. The number of thioether (sulfide) groups is 1. The Labute approximate surface area is 179 Å². The number of amides is 1. The molecule has 1 aliphatic rings. The second kappa shape index (κ2) is 8.71. The molecule has 3 heterocycles. The van der Waals surface area contributed by atoms with Crippen LogP contribution in [0.4, 0.5) is 5.82 Å². The lowest BCUT2D eigenvalue weighted by molar-refractivity contribution is 0.0957. The zero-order valence-electron chi connectivity index (χ0n) is 17.1. The molecule has 3 aromatic rings. The molecule has 2 aromatic heterocycles. The molecule has 0 unspecified atom stereocenters. The van der Waals surface area contributed by atoms with E-state index < -0.39 is 0 Å². The maximum absolute atomic E-state index is 12.9. The van der Waals surface area contributed by atoms with Gasteiger partial charge in [-0.25, -0.2) is 9.97 Å². The zero-order chi connectivity index (χ0) is 20.4. The van der Waals surface area contributed by atoms with E-state index in [4.69, 9.17) is 4.98 Å². The highest BCUT2D eigenvalue weighted by atomic mass is 32.2. The highest BCUT2D eigenvalue weighted by molar-refractivity contribution is 7.98. The van der Waals surface area contributed by atoms with Gasteiger partial charge < -0.3 is 10.2 Å². The van der Waals surface area contributed by atoms with E-state index in [2.05, 4.69) is 45.7 Å². The first-order chi connectivity index (χ1) is 14.1. The maximum atomic E-state index is 12.9. The quantitative estimate of drug-likeness (QED) is 0.584. The molecule has 0 atom stereocenters. The summed E-state index contributed by atoms with van der Waals surface area (Å²) < 4.78 is 0. The lowest BCUT2D eigenvalue weighted by atomic mass is 10.1. The van der Waals surface area contributed by atoms with E-state index in [0.717, 1.165) is 51.8 Å². The number of aromatic nitrogens is 2. The van der Waals surface area contributed by atoms with Crippen LogP contribution in [0.2, 0.25) is 0 Å². The third-order valence-electron chi connectivity index (χ3n) is 5.35. The van der Waals surface area contributed by atoms with Crippen molar-refractivity contribution in [2.75, 3.05) is 30.8 Å². The topological polar surface area (TPSA) is 58.1 Å². The molecule has 0 spiro atoms. The van der Waals surface area contributed by atoms with Gasteiger partial charge in [-0.2, -0.15) is 0 Å². The summed E-state index contributed by atoms with van der Waals surface area (Å²) in [6.07, 6.45) is 5.28. The molecule has 29 heavy (non-hydrogen) atoms. The number of fused-ring (bicyclic) bond motifs is 1. The molecular formula is C22H26N4OS2. The van der Waals surface area contributed by atoms with Crippen LogP contribution in [0.3, 0.4) is 0 Å². The first-order valence-corrected chi connectivity index (χ1v) is 12.0. The number of carbonyl (C=O) groups is 1. The van der Waals surface area contributed by atoms with E-state index in [1.54, 1.807) is 11.8 Å². The Morgan fingerprint density at radius 1 is 1.17 bits per heavy atom. The Bertz CT molecular complexity index is 1020. The molecule has 1 amide bonds. The Morgan fingerprint density at radius 3 is 2.59 bits per heavy atom. The van der Waals surface area contributed by atoms with Crippen LogP contribution >= 0.6 is 23.1 Å². The lowest BCUT2D eigenvalue weighted by Crippen LogP contribution is -2.25. The highest BCUT2D eigenvalue weighted by Crippen LogP contribution is 2.36. The summed E-state index contributed by atoms with van der Waals surface area (Å²) in [5.41, 5.74) is 2.22. The fourth-order valence-corrected chi connectivity index (χ4v) is 5.33. The van der Waals surface area contributed by atoms with E-state index in [1.165, 1.54) is 34.6 Å². The number of rotatable bonds is 6. The van der Waals surface area contributed by atoms with Gasteiger partial charge in [0.2, 0.25) is 0 Å². The van der Waals surface area contributed by atoms with Crippen molar-refractivity contribution in [3.63, 3.8) is 0 Å². The third kappa shape index (κ3) is 4.26. The van der Waals surface area contributed by atoms with Crippen molar-refractivity contribution in [3.05, 3.63) is 46.1 Å². The number of nitrogens with one attached hydrogen (secondary N) is 1. The Kier molecular flexibility index (Phi) is 6.06. The van der Waals surface area contributed by atoms with E-state index in [-0.39, 0.29) is 5.91 Å². The first-order valence-electron chi connectivity index (χ1n) is 10.0. The summed E-state index contributed by atoms with van der Waals surface area (Å²) in [6, 6.07) is 8.50. The lowest BCUT2D eigenvalue weighted by Gasteiger charge is -2.18. The minimum absolute atomic E-state index is 0.0174. The van der Waals surface area contributed by atoms with E-state index in [0.29, 0.717) is 6.54 Å². The van der Waals surface area contributed by atoms with Crippen LogP contribution in [0.25, 0.3) is 10.2 Å². The van der Waals surface area contributed by atoms with Crippen LogP contribution in [0, 0.1) is 13.8 Å². The number of hydrogen-bond acceptors (Lipinski definition) is 6. The van der Waals surface area contributed by atoms with Crippen molar-refractivity contribution in [2.45, 2.75) is 38.0 Å². The molecule has 1 fully saturated rings. The summed E-state index contributed by atoms with van der Waals surface area (Å²) in [5.74, 6) is 1.74. The second-order valence-corrected chi connectivity index (χ2v) is 9.26. The number of benzene rings is 1. The van der Waals surface area contributed by atoms with Crippen LogP contribution in [0.5, 0.6) is 0 Å². The van der Waals surface area contributed by atoms with Crippen LogP contribution in [-0.4, -0.2) is 41.8 Å². The van der Waals surface area contributed by atoms with Gasteiger partial charge >= 0.3 is 0 Å². The third-order valence-corrected chi connectivity index (χ3v) is 7.28. The molecule has 1 N–H and O–H groups in total. The summed E-state index contributed by atoms with van der Waals surface area (Å²) in [4.78, 5) is 27.5. The molecule has 4 rings (SSSR count). The monoisotopic (exact) mass is 426 g/mol. The Balaban J connectivity index is 1.51. The number of thiophene rings is 1. The smallest absolute Gasteiger partial charge is 0.261 e. The normalized spacial score (nSPS) is 14.0. The summed E-state index contributed by atoms with van der Waals surface area (Å²) in [6.45, 7) is 6.62. The predicted molar refractivity (Wildman–Crippen MR) is 123 cm³/mol. The van der Waals surface area contributed by atoms with Crippen molar-refractivity contribution in [1.82, 2.24) is 15.3 Å². The van der Waals surface area contributed by atoms with Crippen LogP contribution in [-0.2, 0) is 6.42 Å². The van der Waals surface area contributed by atoms with Crippen LogP contribution in [0.1, 0.15) is 39.5 Å². The van der Waals surface area contributed by atoms with Gasteiger partial charge in [0, 0.05) is 24.5 Å².